The first-order valence-electron chi connectivity index (χ1n) is 8.26. The fourth-order valence-corrected chi connectivity index (χ4v) is 4.15. The molecule has 0 fully saturated rings. The highest BCUT2D eigenvalue weighted by Crippen LogP contribution is 2.34. The Bertz CT molecular complexity index is 1210. The smallest absolute Gasteiger partial charge is 0.340 e. The van der Waals surface area contributed by atoms with E-state index in [2.05, 4.69) is 32.9 Å². The lowest BCUT2D eigenvalue weighted by molar-refractivity contribution is 0.0601. The van der Waals surface area contributed by atoms with E-state index in [0.717, 1.165) is 9.83 Å². The second-order valence-corrected chi connectivity index (χ2v) is 10.2. The number of carbonyl (C=O) groups is 1. The number of hydrogen-bond acceptors (Lipinski definition) is 6. The number of nitrogens with one attached hydrogen (secondary N) is 1. The fourth-order valence-electron chi connectivity index (χ4n) is 2.72. The molecule has 1 heterocycles. The molecule has 2 aromatic carbocycles. The lowest BCUT2D eigenvalue weighted by Crippen LogP contribution is -2.12. The molecule has 0 radical (unpaired) electrons. The Hall–Kier alpha value is -1.92. The predicted octanol–water partition coefficient (Wildman–Crippen LogP) is 4.01. The van der Waals surface area contributed by atoms with Gasteiger partial charge in [-0.25, -0.2) is 22.6 Å². The molecule has 1 N–H and O–H groups in total. The SMILES string of the molecule is COC(=O)c1cc2c(ncn2CCS(C)(=O)=O)c(F)c1Nc1ccc(I)cc1Cl. The summed E-state index contributed by atoms with van der Waals surface area (Å²) in [5, 5.41) is 3.21. The van der Waals surface area contributed by atoms with Crippen LogP contribution in [0, 0.1) is 9.39 Å². The van der Waals surface area contributed by atoms with Gasteiger partial charge >= 0.3 is 5.97 Å². The largest absolute Gasteiger partial charge is 0.465 e. The van der Waals surface area contributed by atoms with Crippen molar-refractivity contribution in [2.75, 3.05) is 24.4 Å². The molecule has 0 aliphatic carbocycles. The molecular weight excluding hydrogens is 536 g/mol. The maximum Gasteiger partial charge on any atom is 0.340 e. The number of sulfone groups is 1. The van der Waals surface area contributed by atoms with Crippen molar-refractivity contribution in [3.8, 4) is 0 Å². The average Bonchev–Trinajstić information content (AvgIpc) is 3.06. The van der Waals surface area contributed by atoms with Gasteiger partial charge in [0.1, 0.15) is 15.4 Å². The van der Waals surface area contributed by atoms with Gasteiger partial charge in [-0.3, -0.25) is 0 Å². The number of nitrogens with zero attached hydrogens (tertiary/aromatic N) is 2. The van der Waals surface area contributed by atoms with Crippen molar-refractivity contribution >= 4 is 72.4 Å². The van der Waals surface area contributed by atoms with Crippen LogP contribution in [-0.4, -0.2) is 43.1 Å². The zero-order chi connectivity index (χ0) is 21.3. The Balaban J connectivity index is 2.14. The van der Waals surface area contributed by atoms with Crippen LogP contribution in [0.3, 0.4) is 0 Å². The third-order valence-corrected chi connectivity index (χ3v) is 6.06. The second kappa shape index (κ2) is 8.44. The first-order valence-corrected chi connectivity index (χ1v) is 11.8. The number of esters is 1. The van der Waals surface area contributed by atoms with Gasteiger partial charge in [-0.15, -0.1) is 0 Å². The van der Waals surface area contributed by atoms with Gasteiger partial charge in [-0.05, 0) is 46.9 Å². The highest BCUT2D eigenvalue weighted by atomic mass is 127. The zero-order valence-electron chi connectivity index (χ0n) is 15.4. The van der Waals surface area contributed by atoms with Crippen LogP contribution in [-0.2, 0) is 21.1 Å². The van der Waals surface area contributed by atoms with Gasteiger partial charge in [0.2, 0.25) is 0 Å². The van der Waals surface area contributed by atoms with Gasteiger partial charge in [0, 0.05) is 16.4 Å². The number of benzene rings is 2. The number of anilines is 2. The first kappa shape index (κ1) is 21.8. The monoisotopic (exact) mass is 551 g/mol. The maximum absolute atomic E-state index is 15.3. The second-order valence-electron chi connectivity index (χ2n) is 6.29. The number of hydrogen-bond donors (Lipinski definition) is 1. The summed E-state index contributed by atoms with van der Waals surface area (Å²) in [7, 11) is -2.04. The summed E-state index contributed by atoms with van der Waals surface area (Å²) in [4.78, 5) is 16.4. The summed E-state index contributed by atoms with van der Waals surface area (Å²) in [6, 6.07) is 6.56. The third kappa shape index (κ3) is 4.81. The number of aromatic nitrogens is 2. The van der Waals surface area contributed by atoms with Crippen molar-refractivity contribution in [1.29, 1.82) is 0 Å². The molecule has 0 aliphatic rings. The van der Waals surface area contributed by atoms with E-state index < -0.39 is 21.6 Å². The topological polar surface area (TPSA) is 90.3 Å². The van der Waals surface area contributed by atoms with E-state index in [1.165, 1.54) is 24.1 Å². The number of aryl methyl sites for hydroxylation is 1. The number of fused-ring (bicyclic) bond motifs is 1. The zero-order valence-corrected chi connectivity index (χ0v) is 19.1. The molecule has 3 aromatic rings. The van der Waals surface area contributed by atoms with Crippen molar-refractivity contribution in [3.05, 3.63) is 50.6 Å². The number of rotatable bonds is 6. The Labute approximate surface area is 185 Å². The number of carbonyl (C=O) groups excluding carboxylic acids is 1. The Kier molecular flexibility index (Phi) is 6.34. The van der Waals surface area contributed by atoms with E-state index in [4.69, 9.17) is 16.3 Å². The van der Waals surface area contributed by atoms with E-state index in [9.17, 15) is 13.2 Å². The number of methoxy groups -OCH3 is 1. The number of ether oxygens (including phenoxy) is 1. The Morgan fingerprint density at radius 3 is 2.72 bits per heavy atom. The average molecular weight is 552 g/mol. The molecule has 7 nitrogen and oxygen atoms in total. The maximum atomic E-state index is 15.3. The van der Waals surface area contributed by atoms with Crippen LogP contribution in [0.5, 0.6) is 0 Å². The summed E-state index contributed by atoms with van der Waals surface area (Å²) in [6.45, 7) is 0.0745. The van der Waals surface area contributed by atoms with Crippen LogP contribution in [0.1, 0.15) is 10.4 Å². The molecule has 3 rings (SSSR count). The molecule has 0 saturated carbocycles. The molecular formula is C18H16ClFIN3O4S. The highest BCUT2D eigenvalue weighted by Gasteiger charge is 2.23. The van der Waals surface area contributed by atoms with Gasteiger partial charge in [-0.2, -0.15) is 0 Å². The molecule has 0 atom stereocenters. The number of imidazole rings is 1. The van der Waals surface area contributed by atoms with E-state index in [-0.39, 0.29) is 34.6 Å². The third-order valence-electron chi connectivity index (χ3n) is 4.16. The molecule has 29 heavy (non-hydrogen) atoms. The lowest BCUT2D eigenvalue weighted by Gasteiger charge is -2.14. The highest BCUT2D eigenvalue weighted by molar-refractivity contribution is 14.1. The molecule has 0 amide bonds. The van der Waals surface area contributed by atoms with Crippen LogP contribution in [0.2, 0.25) is 5.02 Å². The van der Waals surface area contributed by atoms with Crippen molar-refractivity contribution in [1.82, 2.24) is 9.55 Å². The van der Waals surface area contributed by atoms with Crippen LogP contribution in [0.15, 0.2) is 30.6 Å². The molecule has 0 unspecified atom stereocenters. The molecule has 11 heteroatoms. The van der Waals surface area contributed by atoms with Crippen molar-refractivity contribution < 1.29 is 22.3 Å². The molecule has 0 aliphatic heterocycles. The summed E-state index contributed by atoms with van der Waals surface area (Å²) in [5.41, 5.74) is 0.502. The summed E-state index contributed by atoms with van der Waals surface area (Å²) in [6.07, 6.45) is 2.45. The van der Waals surface area contributed by atoms with Crippen molar-refractivity contribution in [3.63, 3.8) is 0 Å². The van der Waals surface area contributed by atoms with E-state index in [1.54, 1.807) is 18.2 Å². The molecule has 154 valence electrons. The van der Waals surface area contributed by atoms with Crippen LogP contribution in [0.4, 0.5) is 15.8 Å². The Morgan fingerprint density at radius 1 is 1.38 bits per heavy atom. The molecule has 0 bridgehead atoms. The van der Waals surface area contributed by atoms with Crippen LogP contribution >= 0.6 is 34.2 Å². The first-order chi connectivity index (χ1) is 13.6. The minimum absolute atomic E-state index is 0.00436. The predicted molar refractivity (Wildman–Crippen MR) is 118 cm³/mol. The van der Waals surface area contributed by atoms with Gasteiger partial charge < -0.3 is 14.6 Å². The van der Waals surface area contributed by atoms with Crippen molar-refractivity contribution in [2.45, 2.75) is 6.54 Å². The quantitative estimate of drug-likeness (QED) is 0.368. The molecule has 1 aromatic heterocycles. The fraction of sp³-hybridized carbons (Fsp3) is 0.222. The van der Waals surface area contributed by atoms with Crippen molar-refractivity contribution in [2.24, 2.45) is 0 Å². The van der Waals surface area contributed by atoms with Crippen LogP contribution < -0.4 is 5.32 Å². The summed E-state index contributed by atoms with van der Waals surface area (Å²) >= 11 is 8.32. The minimum atomic E-state index is -3.23. The van der Waals surface area contributed by atoms with E-state index in [1.807, 2.05) is 0 Å². The van der Waals surface area contributed by atoms with E-state index in [0.29, 0.717) is 10.7 Å². The Morgan fingerprint density at radius 2 is 2.10 bits per heavy atom. The van der Waals surface area contributed by atoms with E-state index >= 15 is 4.39 Å². The van der Waals surface area contributed by atoms with Gasteiger partial charge in [-0.1, -0.05) is 11.6 Å². The van der Waals surface area contributed by atoms with Gasteiger partial charge in [0.05, 0.1) is 46.7 Å². The van der Waals surface area contributed by atoms with Gasteiger partial charge in [0.25, 0.3) is 0 Å². The molecule has 0 spiro atoms. The summed E-state index contributed by atoms with van der Waals surface area (Å²) in [5.74, 6) is -1.67. The normalized spacial score (nSPS) is 11.6. The lowest BCUT2D eigenvalue weighted by atomic mass is 10.1. The minimum Gasteiger partial charge on any atom is -0.465 e. The summed E-state index contributed by atoms with van der Waals surface area (Å²) < 4.78 is 45.4. The number of halogens is 3. The van der Waals surface area contributed by atoms with Crippen LogP contribution in [0.25, 0.3) is 11.0 Å². The molecule has 0 saturated heterocycles. The standard InChI is InChI=1S/C18H16ClFIN3O4S/c1-28-18(25)11-8-14-17(22-9-24(14)5-6-29(2,26)27)15(20)16(11)23-13-4-3-10(21)7-12(13)19/h3-4,7-9,23H,5-6H2,1-2H3. The van der Waals surface area contributed by atoms with Gasteiger partial charge in [0.15, 0.2) is 5.82 Å².